The van der Waals surface area contributed by atoms with Crippen molar-refractivity contribution in [1.29, 1.82) is 0 Å². The van der Waals surface area contributed by atoms with Gasteiger partial charge < -0.3 is 9.64 Å². The molecule has 1 aromatic rings. The highest BCUT2D eigenvalue weighted by Gasteiger charge is 2.44. The predicted molar refractivity (Wildman–Crippen MR) is 97.4 cm³/mol. The van der Waals surface area contributed by atoms with Gasteiger partial charge in [-0.25, -0.2) is 9.78 Å². The van der Waals surface area contributed by atoms with Gasteiger partial charge >= 0.3 is 6.09 Å². The van der Waals surface area contributed by atoms with E-state index in [1.54, 1.807) is 0 Å². The Morgan fingerprint density at radius 1 is 1.17 bits per heavy atom. The summed E-state index contributed by atoms with van der Waals surface area (Å²) < 4.78 is 5.57. The number of nitrogens with zero attached hydrogens (tertiary/aromatic N) is 3. The summed E-state index contributed by atoms with van der Waals surface area (Å²) in [4.78, 5) is 21.2. The van der Waals surface area contributed by atoms with Crippen molar-refractivity contribution in [3.63, 3.8) is 0 Å². The summed E-state index contributed by atoms with van der Waals surface area (Å²) >= 11 is 0. The Balaban J connectivity index is 0.00000100. The molecule has 3 rings (SSSR count). The molecule has 2 saturated heterocycles. The lowest BCUT2D eigenvalue weighted by Crippen LogP contribution is -2.57. The van der Waals surface area contributed by atoms with Crippen molar-refractivity contribution in [1.82, 2.24) is 9.88 Å². The first kappa shape index (κ1) is 18.6. The van der Waals surface area contributed by atoms with Crippen molar-refractivity contribution in [2.45, 2.75) is 72.1 Å². The monoisotopic (exact) mass is 333 g/mol. The van der Waals surface area contributed by atoms with Gasteiger partial charge in [-0.2, -0.15) is 0 Å². The molecule has 5 heteroatoms. The van der Waals surface area contributed by atoms with Gasteiger partial charge in [0.25, 0.3) is 0 Å². The van der Waals surface area contributed by atoms with Crippen molar-refractivity contribution in [3.05, 3.63) is 23.9 Å². The number of fused-ring (bicyclic) bond motifs is 2. The van der Waals surface area contributed by atoms with E-state index in [0.717, 1.165) is 31.7 Å². The zero-order chi connectivity index (χ0) is 17.9. The number of ether oxygens (including phenoxy) is 1. The Kier molecular flexibility index (Phi) is 5.73. The Labute approximate surface area is 146 Å². The van der Waals surface area contributed by atoms with Crippen molar-refractivity contribution < 1.29 is 9.53 Å². The second-order valence-electron chi connectivity index (χ2n) is 7.37. The molecular weight excluding hydrogens is 302 g/mol. The Bertz CT molecular complexity index is 537. The second-order valence-corrected chi connectivity index (χ2v) is 7.37. The van der Waals surface area contributed by atoms with Crippen LogP contribution >= 0.6 is 0 Å². The number of pyridine rings is 1. The molecular formula is C19H31N3O2. The standard InChI is InChI=1S/C17H25N3O2.C2H6/c1-12-5-8-15(18-9-12)19-10-13-6-7-14(11-19)20(13)16(21)22-17(2,3)4;1-2/h5,8-9,13-14H,6-7,10-11H2,1-4H3;1-2H3. The summed E-state index contributed by atoms with van der Waals surface area (Å²) in [5.41, 5.74) is 0.728. The van der Waals surface area contributed by atoms with E-state index in [4.69, 9.17) is 4.74 Å². The average molecular weight is 333 g/mol. The predicted octanol–water partition coefficient (Wildman–Crippen LogP) is 4.00. The van der Waals surface area contributed by atoms with E-state index in [-0.39, 0.29) is 18.2 Å². The molecule has 2 aliphatic rings. The third-order valence-electron chi connectivity index (χ3n) is 4.31. The topological polar surface area (TPSA) is 45.7 Å². The average Bonchev–Trinajstić information content (AvgIpc) is 2.79. The number of piperazine rings is 1. The molecule has 1 amide bonds. The molecule has 2 fully saturated rings. The first-order valence-corrected chi connectivity index (χ1v) is 9.02. The SMILES string of the molecule is CC.Cc1ccc(N2CC3CCC(C2)N3C(=O)OC(C)(C)C)nc1. The van der Waals surface area contributed by atoms with Crippen LogP contribution in [0.2, 0.25) is 0 Å². The lowest BCUT2D eigenvalue weighted by Gasteiger charge is -2.41. The summed E-state index contributed by atoms with van der Waals surface area (Å²) in [6.45, 7) is 13.5. The number of anilines is 1. The molecule has 3 heterocycles. The summed E-state index contributed by atoms with van der Waals surface area (Å²) in [7, 11) is 0. The lowest BCUT2D eigenvalue weighted by atomic mass is 10.2. The number of aryl methyl sites for hydroxylation is 1. The van der Waals surface area contributed by atoms with Gasteiger partial charge in [-0.1, -0.05) is 19.9 Å². The maximum absolute atomic E-state index is 12.4. The first-order chi connectivity index (χ1) is 11.3. The normalized spacial score (nSPS) is 22.8. The van der Waals surface area contributed by atoms with Crippen LogP contribution in [0.25, 0.3) is 0 Å². The third-order valence-corrected chi connectivity index (χ3v) is 4.31. The number of hydrogen-bond donors (Lipinski definition) is 0. The van der Waals surface area contributed by atoms with Crippen molar-refractivity contribution in [2.75, 3.05) is 18.0 Å². The molecule has 0 aromatic carbocycles. The number of rotatable bonds is 1. The number of carbonyl (C=O) groups excluding carboxylic acids is 1. The summed E-state index contributed by atoms with van der Waals surface area (Å²) in [5, 5.41) is 0. The van der Waals surface area contributed by atoms with Crippen LogP contribution in [0.15, 0.2) is 18.3 Å². The maximum atomic E-state index is 12.4. The molecule has 134 valence electrons. The number of hydrogen-bond acceptors (Lipinski definition) is 4. The fourth-order valence-electron chi connectivity index (χ4n) is 3.35. The van der Waals surface area contributed by atoms with Crippen molar-refractivity contribution >= 4 is 11.9 Å². The molecule has 2 unspecified atom stereocenters. The van der Waals surface area contributed by atoms with Gasteiger partial charge in [0.1, 0.15) is 11.4 Å². The lowest BCUT2D eigenvalue weighted by molar-refractivity contribution is 0.0123. The highest BCUT2D eigenvalue weighted by molar-refractivity contribution is 5.70. The molecule has 0 spiro atoms. The highest BCUT2D eigenvalue weighted by atomic mass is 16.6. The minimum absolute atomic E-state index is 0.170. The highest BCUT2D eigenvalue weighted by Crippen LogP contribution is 2.33. The molecule has 2 aliphatic heterocycles. The van der Waals surface area contributed by atoms with Gasteiger partial charge in [0.05, 0.1) is 12.1 Å². The fourth-order valence-corrected chi connectivity index (χ4v) is 3.35. The van der Waals surface area contributed by atoms with Crippen molar-refractivity contribution in [3.8, 4) is 0 Å². The zero-order valence-electron chi connectivity index (χ0n) is 15.9. The van der Waals surface area contributed by atoms with Gasteiger partial charge in [0.15, 0.2) is 0 Å². The van der Waals surface area contributed by atoms with E-state index in [1.165, 1.54) is 5.56 Å². The van der Waals surface area contributed by atoms with Gasteiger partial charge in [-0.05, 0) is 52.2 Å². The minimum atomic E-state index is -0.438. The van der Waals surface area contributed by atoms with Crippen LogP contribution in [0, 0.1) is 6.92 Å². The van der Waals surface area contributed by atoms with Gasteiger partial charge in [-0.15, -0.1) is 0 Å². The van der Waals surface area contributed by atoms with E-state index >= 15 is 0 Å². The molecule has 5 nitrogen and oxygen atoms in total. The van der Waals surface area contributed by atoms with Gasteiger partial charge in [-0.3, -0.25) is 4.90 Å². The molecule has 2 atom stereocenters. The number of amides is 1. The summed E-state index contributed by atoms with van der Waals surface area (Å²) in [6.07, 6.45) is 3.83. The maximum Gasteiger partial charge on any atom is 0.410 e. The third kappa shape index (κ3) is 4.19. The molecule has 0 N–H and O–H groups in total. The second kappa shape index (κ2) is 7.41. The molecule has 2 bridgehead atoms. The Hall–Kier alpha value is -1.78. The van der Waals surface area contributed by atoms with Crippen LogP contribution < -0.4 is 4.90 Å². The quantitative estimate of drug-likeness (QED) is 0.779. The van der Waals surface area contributed by atoms with Crippen LogP contribution in [0.3, 0.4) is 0 Å². The minimum Gasteiger partial charge on any atom is -0.444 e. The van der Waals surface area contributed by atoms with E-state index in [1.807, 2.05) is 52.6 Å². The number of carbonyl (C=O) groups is 1. The van der Waals surface area contributed by atoms with E-state index < -0.39 is 5.60 Å². The van der Waals surface area contributed by atoms with E-state index in [0.29, 0.717) is 0 Å². The van der Waals surface area contributed by atoms with Crippen LogP contribution in [-0.2, 0) is 4.74 Å². The van der Waals surface area contributed by atoms with Gasteiger partial charge in [0, 0.05) is 19.3 Å². The van der Waals surface area contributed by atoms with E-state index in [9.17, 15) is 4.79 Å². The van der Waals surface area contributed by atoms with Gasteiger partial charge in [0.2, 0.25) is 0 Å². The fraction of sp³-hybridized carbons (Fsp3) is 0.684. The smallest absolute Gasteiger partial charge is 0.410 e. The number of aromatic nitrogens is 1. The molecule has 1 aromatic heterocycles. The van der Waals surface area contributed by atoms with Crippen LogP contribution in [-0.4, -0.2) is 46.8 Å². The van der Waals surface area contributed by atoms with E-state index in [2.05, 4.69) is 22.0 Å². The molecule has 0 aliphatic carbocycles. The van der Waals surface area contributed by atoms with Crippen molar-refractivity contribution in [2.24, 2.45) is 0 Å². The summed E-state index contributed by atoms with van der Waals surface area (Å²) in [5.74, 6) is 1.01. The largest absolute Gasteiger partial charge is 0.444 e. The van der Waals surface area contributed by atoms with Crippen LogP contribution in [0.1, 0.15) is 53.0 Å². The Morgan fingerprint density at radius 2 is 1.75 bits per heavy atom. The van der Waals surface area contributed by atoms with Crippen LogP contribution in [0.4, 0.5) is 10.6 Å². The Morgan fingerprint density at radius 3 is 2.21 bits per heavy atom. The zero-order valence-corrected chi connectivity index (χ0v) is 15.9. The van der Waals surface area contributed by atoms with Crippen LogP contribution in [0.5, 0.6) is 0 Å². The molecule has 0 saturated carbocycles. The molecule has 24 heavy (non-hydrogen) atoms. The summed E-state index contributed by atoms with van der Waals surface area (Å²) in [6, 6.07) is 4.62. The first-order valence-electron chi connectivity index (χ1n) is 9.02. The molecule has 0 radical (unpaired) electrons.